The van der Waals surface area contributed by atoms with Gasteiger partial charge in [-0.3, -0.25) is 4.79 Å². The van der Waals surface area contributed by atoms with E-state index in [1.165, 1.54) is 0 Å². The van der Waals surface area contributed by atoms with E-state index in [1.807, 2.05) is 0 Å². The number of rotatable bonds is 1. The van der Waals surface area contributed by atoms with Crippen molar-refractivity contribution in [3.05, 3.63) is 0 Å². The first-order valence-corrected chi connectivity index (χ1v) is 3.27. The smallest absolute Gasteiger partial charge is 0.369 e. The lowest BCUT2D eigenvalue weighted by molar-refractivity contribution is -0.241. The molecule has 0 unspecified atom stereocenters. The van der Waals surface area contributed by atoms with E-state index in [2.05, 4.69) is 5.73 Å². The molecule has 1 aliphatic rings. The van der Waals surface area contributed by atoms with E-state index in [0.29, 0.717) is 6.42 Å². The highest BCUT2D eigenvalue weighted by Gasteiger charge is 2.62. The van der Waals surface area contributed by atoms with Crippen LogP contribution in [0.25, 0.3) is 0 Å². The lowest BCUT2D eigenvalue weighted by Crippen LogP contribution is -2.53. The summed E-state index contributed by atoms with van der Waals surface area (Å²) >= 11 is 0. The summed E-state index contributed by atoms with van der Waals surface area (Å²) in [5.74, 6) is -1.24. The van der Waals surface area contributed by atoms with Crippen LogP contribution in [0.2, 0.25) is 0 Å². The molecule has 0 aliphatic heterocycles. The van der Waals surface area contributed by atoms with E-state index in [-0.39, 0.29) is 12.8 Å². The lowest BCUT2D eigenvalue weighted by atomic mass is 9.67. The summed E-state index contributed by atoms with van der Waals surface area (Å²) < 4.78 is 36.3. The van der Waals surface area contributed by atoms with Crippen LogP contribution >= 0.6 is 0 Å². The van der Waals surface area contributed by atoms with Crippen LogP contribution in [0.3, 0.4) is 0 Å². The minimum atomic E-state index is -4.46. The van der Waals surface area contributed by atoms with Gasteiger partial charge in [0.05, 0.1) is 0 Å². The number of nitrogens with two attached hydrogens (primary N) is 1. The number of amides is 1. The summed E-state index contributed by atoms with van der Waals surface area (Å²) in [5.41, 5.74) is 2.46. The third-order valence-corrected chi connectivity index (χ3v) is 2.22. The Bertz CT molecular complexity index is 183. The molecule has 0 atom stereocenters. The highest BCUT2D eigenvalue weighted by Crippen LogP contribution is 2.52. The predicted molar refractivity (Wildman–Crippen MR) is 31.5 cm³/mol. The normalized spacial score (nSPS) is 22.5. The topological polar surface area (TPSA) is 43.1 Å². The number of carbonyl (C=O) groups excluding carboxylic acids is 1. The van der Waals surface area contributed by atoms with E-state index >= 15 is 0 Å². The van der Waals surface area contributed by atoms with Crippen molar-refractivity contribution in [2.75, 3.05) is 0 Å². The number of carbonyl (C=O) groups is 1. The molecular weight excluding hydrogens is 159 g/mol. The van der Waals surface area contributed by atoms with Crippen LogP contribution in [-0.4, -0.2) is 12.1 Å². The zero-order valence-electron chi connectivity index (χ0n) is 5.74. The fourth-order valence-electron chi connectivity index (χ4n) is 1.20. The van der Waals surface area contributed by atoms with Gasteiger partial charge in [-0.2, -0.15) is 13.2 Å². The third kappa shape index (κ3) is 0.985. The second-order valence-corrected chi connectivity index (χ2v) is 2.80. The summed E-state index contributed by atoms with van der Waals surface area (Å²) in [5, 5.41) is 0. The molecule has 0 aromatic carbocycles. The molecule has 1 rings (SSSR count). The number of halogens is 3. The summed E-state index contributed by atoms with van der Waals surface area (Å²) in [6.07, 6.45) is -4.32. The minimum Gasteiger partial charge on any atom is -0.369 e. The van der Waals surface area contributed by atoms with Gasteiger partial charge in [0.15, 0.2) is 0 Å². The zero-order chi connectivity index (χ0) is 8.70. The maximum absolute atomic E-state index is 12.1. The molecule has 1 fully saturated rings. The van der Waals surface area contributed by atoms with Gasteiger partial charge in [0.25, 0.3) is 0 Å². The van der Waals surface area contributed by atoms with Crippen molar-refractivity contribution in [2.24, 2.45) is 11.1 Å². The molecule has 0 radical (unpaired) electrons. The molecule has 0 spiro atoms. The Morgan fingerprint density at radius 3 is 1.82 bits per heavy atom. The van der Waals surface area contributed by atoms with Crippen LogP contribution in [0.1, 0.15) is 19.3 Å². The Kier molecular flexibility index (Phi) is 1.61. The number of hydrogen-bond donors (Lipinski definition) is 1. The van der Waals surface area contributed by atoms with Crippen LogP contribution in [-0.2, 0) is 4.79 Å². The molecule has 5 heteroatoms. The summed E-state index contributed by atoms with van der Waals surface area (Å²) in [4.78, 5) is 10.5. The summed E-state index contributed by atoms with van der Waals surface area (Å²) in [7, 11) is 0. The molecule has 2 N–H and O–H groups in total. The average Bonchev–Trinajstić information content (AvgIpc) is 1.52. The van der Waals surface area contributed by atoms with E-state index in [4.69, 9.17) is 0 Å². The van der Waals surface area contributed by atoms with E-state index in [9.17, 15) is 18.0 Å². The first kappa shape index (κ1) is 8.36. The van der Waals surface area contributed by atoms with Crippen molar-refractivity contribution >= 4 is 5.91 Å². The van der Waals surface area contributed by atoms with Gasteiger partial charge in [-0.1, -0.05) is 6.42 Å². The van der Waals surface area contributed by atoms with Crippen LogP contribution in [0.15, 0.2) is 0 Å². The third-order valence-electron chi connectivity index (χ3n) is 2.22. The van der Waals surface area contributed by atoms with Crippen molar-refractivity contribution < 1.29 is 18.0 Å². The number of hydrogen-bond acceptors (Lipinski definition) is 1. The van der Waals surface area contributed by atoms with Crippen LogP contribution in [0.5, 0.6) is 0 Å². The molecule has 0 heterocycles. The summed E-state index contributed by atoms with van der Waals surface area (Å²) in [6.45, 7) is 0. The van der Waals surface area contributed by atoms with Gasteiger partial charge in [-0.15, -0.1) is 0 Å². The minimum absolute atomic E-state index is 0.147. The van der Waals surface area contributed by atoms with Crippen molar-refractivity contribution in [1.29, 1.82) is 0 Å². The van der Waals surface area contributed by atoms with E-state index in [0.717, 1.165) is 0 Å². The number of primary amides is 1. The fourth-order valence-corrected chi connectivity index (χ4v) is 1.20. The Labute approximate surface area is 61.6 Å². The molecule has 1 aliphatic carbocycles. The van der Waals surface area contributed by atoms with Crippen LogP contribution in [0.4, 0.5) is 13.2 Å². The predicted octanol–water partition coefficient (Wildman–Crippen LogP) is 1.20. The number of alkyl halides is 3. The lowest BCUT2D eigenvalue weighted by Gasteiger charge is -2.39. The monoisotopic (exact) mass is 167 g/mol. The molecule has 0 bridgehead atoms. The van der Waals surface area contributed by atoms with Gasteiger partial charge < -0.3 is 5.73 Å². The van der Waals surface area contributed by atoms with Crippen LogP contribution < -0.4 is 5.73 Å². The zero-order valence-corrected chi connectivity index (χ0v) is 5.74. The van der Waals surface area contributed by atoms with Gasteiger partial charge in [-0.25, -0.2) is 0 Å². The first-order chi connectivity index (χ1) is 4.90. The van der Waals surface area contributed by atoms with Gasteiger partial charge in [-0.05, 0) is 12.8 Å². The van der Waals surface area contributed by atoms with Crippen LogP contribution in [0, 0.1) is 5.41 Å². The van der Waals surface area contributed by atoms with Crippen molar-refractivity contribution in [2.45, 2.75) is 25.4 Å². The van der Waals surface area contributed by atoms with Crippen molar-refractivity contribution in [3.8, 4) is 0 Å². The van der Waals surface area contributed by atoms with Gasteiger partial charge >= 0.3 is 6.18 Å². The van der Waals surface area contributed by atoms with Crippen molar-refractivity contribution in [3.63, 3.8) is 0 Å². The molecule has 11 heavy (non-hydrogen) atoms. The molecule has 1 amide bonds. The maximum Gasteiger partial charge on any atom is 0.403 e. The molecule has 0 saturated heterocycles. The van der Waals surface area contributed by atoms with Crippen molar-refractivity contribution in [1.82, 2.24) is 0 Å². The largest absolute Gasteiger partial charge is 0.403 e. The molecule has 0 aromatic heterocycles. The Balaban J connectivity index is 2.85. The Morgan fingerprint density at radius 2 is 1.82 bits per heavy atom. The quantitative estimate of drug-likeness (QED) is 0.626. The van der Waals surface area contributed by atoms with Gasteiger partial charge in [0, 0.05) is 0 Å². The molecular formula is C6H8F3NO. The standard InChI is InChI=1S/C6H8F3NO/c7-6(8,9)5(4(10)11)2-1-3-5/h1-3H2,(H2,10,11). The van der Waals surface area contributed by atoms with E-state index in [1.54, 1.807) is 0 Å². The molecule has 2 nitrogen and oxygen atoms in total. The van der Waals surface area contributed by atoms with Gasteiger partial charge in [0.2, 0.25) is 5.91 Å². The highest BCUT2D eigenvalue weighted by molar-refractivity contribution is 5.82. The Morgan fingerprint density at radius 1 is 1.36 bits per heavy atom. The molecule has 64 valence electrons. The van der Waals surface area contributed by atoms with Gasteiger partial charge in [0.1, 0.15) is 5.41 Å². The Hall–Kier alpha value is -0.740. The first-order valence-electron chi connectivity index (χ1n) is 3.27. The SMILES string of the molecule is NC(=O)C1(C(F)(F)F)CCC1. The summed E-state index contributed by atoms with van der Waals surface area (Å²) in [6, 6.07) is 0. The second-order valence-electron chi connectivity index (χ2n) is 2.80. The molecule has 0 aromatic rings. The highest BCUT2D eigenvalue weighted by atomic mass is 19.4. The molecule has 1 saturated carbocycles. The maximum atomic E-state index is 12.1. The average molecular weight is 167 g/mol. The second kappa shape index (κ2) is 2.12. The van der Waals surface area contributed by atoms with E-state index < -0.39 is 17.5 Å². The fraction of sp³-hybridized carbons (Fsp3) is 0.833.